The number of benzene rings is 2. The predicted octanol–water partition coefficient (Wildman–Crippen LogP) is 2.56. The highest BCUT2D eigenvalue weighted by Crippen LogP contribution is 2.22. The van der Waals surface area contributed by atoms with Crippen molar-refractivity contribution in [3.05, 3.63) is 65.7 Å². The van der Waals surface area contributed by atoms with E-state index in [0.29, 0.717) is 5.82 Å². The number of carbonyl (C=O) groups excluding carboxylic acids is 2. The summed E-state index contributed by atoms with van der Waals surface area (Å²) >= 11 is 0. The number of aromatic nitrogens is 2. The van der Waals surface area contributed by atoms with E-state index in [1.54, 1.807) is 6.26 Å². The van der Waals surface area contributed by atoms with Crippen LogP contribution in [0.15, 0.2) is 53.1 Å². The fraction of sp³-hybridized carbons (Fsp3) is 0.190. The number of hydrogen-bond donors (Lipinski definition) is 2. The molecule has 7 nitrogen and oxygen atoms in total. The zero-order valence-electron chi connectivity index (χ0n) is 15.7. The van der Waals surface area contributed by atoms with Gasteiger partial charge in [0.25, 0.3) is 0 Å². The van der Waals surface area contributed by atoms with E-state index in [1.165, 1.54) is 0 Å². The fourth-order valence-electron chi connectivity index (χ4n) is 3.23. The van der Waals surface area contributed by atoms with Crippen LogP contribution in [0, 0.1) is 6.92 Å². The molecule has 0 aliphatic heterocycles. The lowest BCUT2D eigenvalue weighted by molar-refractivity contribution is -0.128. The van der Waals surface area contributed by atoms with Crippen molar-refractivity contribution in [2.24, 2.45) is 7.05 Å². The minimum atomic E-state index is -0.334. The molecule has 2 aromatic carbocycles. The average molecular weight is 376 g/mol. The first kappa shape index (κ1) is 17.8. The molecule has 0 saturated heterocycles. The van der Waals surface area contributed by atoms with Gasteiger partial charge in [-0.25, -0.2) is 4.98 Å². The summed E-state index contributed by atoms with van der Waals surface area (Å²) in [6, 6.07) is 13.5. The van der Waals surface area contributed by atoms with Gasteiger partial charge < -0.3 is 8.98 Å². The highest BCUT2D eigenvalue weighted by molar-refractivity contribution is 5.89. The van der Waals surface area contributed by atoms with Crippen LogP contribution >= 0.6 is 0 Å². The second-order valence-electron chi connectivity index (χ2n) is 6.79. The van der Waals surface area contributed by atoms with Crippen LogP contribution in [0.1, 0.15) is 17.0 Å². The van der Waals surface area contributed by atoms with Gasteiger partial charge in [-0.3, -0.25) is 20.4 Å². The van der Waals surface area contributed by atoms with Crippen LogP contribution in [0.2, 0.25) is 0 Å². The van der Waals surface area contributed by atoms with E-state index in [2.05, 4.69) is 15.8 Å². The van der Waals surface area contributed by atoms with Crippen molar-refractivity contribution in [2.75, 3.05) is 0 Å². The van der Waals surface area contributed by atoms with Gasteiger partial charge in [0.15, 0.2) is 0 Å². The lowest BCUT2D eigenvalue weighted by Crippen LogP contribution is -2.43. The molecule has 0 bridgehead atoms. The van der Waals surface area contributed by atoms with Crippen LogP contribution in [0.3, 0.4) is 0 Å². The van der Waals surface area contributed by atoms with Crippen molar-refractivity contribution >= 4 is 33.8 Å². The first-order chi connectivity index (χ1) is 13.5. The van der Waals surface area contributed by atoms with Crippen LogP contribution in [0.5, 0.6) is 0 Å². The van der Waals surface area contributed by atoms with Crippen molar-refractivity contribution in [2.45, 2.75) is 19.8 Å². The third-order valence-electron chi connectivity index (χ3n) is 4.70. The topological polar surface area (TPSA) is 89.2 Å². The highest BCUT2D eigenvalue weighted by Gasteiger charge is 2.14. The third-order valence-corrected chi connectivity index (χ3v) is 4.70. The van der Waals surface area contributed by atoms with E-state index in [1.807, 2.05) is 61.0 Å². The second kappa shape index (κ2) is 7.19. The molecule has 2 N–H and O–H groups in total. The smallest absolute Gasteiger partial charge is 0.245 e. The number of furan rings is 1. The van der Waals surface area contributed by atoms with E-state index in [9.17, 15) is 9.59 Å². The van der Waals surface area contributed by atoms with Gasteiger partial charge in [0, 0.05) is 18.0 Å². The monoisotopic (exact) mass is 376 g/mol. The van der Waals surface area contributed by atoms with E-state index in [4.69, 9.17) is 4.42 Å². The molecule has 2 amide bonds. The van der Waals surface area contributed by atoms with Gasteiger partial charge >= 0.3 is 0 Å². The largest absolute Gasteiger partial charge is 0.464 e. The SMILES string of the molecule is Cc1ccc2c(CC(=O)NNC(=O)Cc3nc4ccccc4n3C)coc2c1. The molecular weight excluding hydrogens is 356 g/mol. The molecule has 0 fully saturated rings. The summed E-state index contributed by atoms with van der Waals surface area (Å²) in [6.45, 7) is 1.98. The molecular formula is C21H20N4O3. The number of aryl methyl sites for hydroxylation is 2. The number of rotatable bonds is 4. The number of imidazole rings is 1. The molecule has 0 aliphatic rings. The third kappa shape index (κ3) is 3.46. The molecule has 0 unspecified atom stereocenters. The number of nitrogens with one attached hydrogen (secondary N) is 2. The summed E-state index contributed by atoms with van der Waals surface area (Å²) in [5.41, 5.74) is 9.30. The van der Waals surface area contributed by atoms with Gasteiger partial charge in [-0.05, 0) is 30.7 Å². The minimum absolute atomic E-state index is 0.0688. The molecule has 0 radical (unpaired) electrons. The van der Waals surface area contributed by atoms with Crippen molar-refractivity contribution in [3.8, 4) is 0 Å². The number of fused-ring (bicyclic) bond motifs is 2. The van der Waals surface area contributed by atoms with Crippen LogP contribution in [0.4, 0.5) is 0 Å². The summed E-state index contributed by atoms with van der Waals surface area (Å²) in [5, 5.41) is 0.895. The maximum absolute atomic E-state index is 12.2. The molecule has 28 heavy (non-hydrogen) atoms. The minimum Gasteiger partial charge on any atom is -0.464 e. The molecule has 142 valence electrons. The molecule has 4 aromatic rings. The van der Waals surface area contributed by atoms with E-state index in [-0.39, 0.29) is 24.7 Å². The number of amides is 2. The van der Waals surface area contributed by atoms with Crippen LogP contribution in [-0.2, 0) is 29.5 Å². The van der Waals surface area contributed by atoms with Gasteiger partial charge in [0.1, 0.15) is 11.4 Å². The Labute approximate surface area is 161 Å². The summed E-state index contributed by atoms with van der Waals surface area (Å²) in [4.78, 5) is 28.9. The Balaban J connectivity index is 1.36. The maximum atomic E-state index is 12.2. The van der Waals surface area contributed by atoms with Gasteiger partial charge in [-0.15, -0.1) is 0 Å². The van der Waals surface area contributed by atoms with Crippen molar-refractivity contribution in [3.63, 3.8) is 0 Å². The Kier molecular flexibility index (Phi) is 4.57. The van der Waals surface area contributed by atoms with Gasteiger partial charge in [0.2, 0.25) is 11.8 Å². The lowest BCUT2D eigenvalue weighted by Gasteiger charge is -2.07. The summed E-state index contributed by atoms with van der Waals surface area (Å²) in [7, 11) is 1.86. The molecule has 2 aromatic heterocycles. The molecule has 4 rings (SSSR count). The van der Waals surface area contributed by atoms with Crippen LogP contribution in [-0.4, -0.2) is 21.4 Å². The number of hydrazine groups is 1. The first-order valence-corrected chi connectivity index (χ1v) is 8.96. The standard InChI is InChI=1S/C21H20N4O3/c1-13-7-8-15-14(12-28-18(15)9-13)10-20(26)23-24-21(27)11-19-22-16-5-3-4-6-17(16)25(19)2/h3-9,12H,10-11H2,1-2H3,(H,23,26)(H,24,27). The fourth-order valence-corrected chi connectivity index (χ4v) is 3.23. The maximum Gasteiger partial charge on any atom is 0.245 e. The zero-order chi connectivity index (χ0) is 19.7. The zero-order valence-corrected chi connectivity index (χ0v) is 15.7. The Morgan fingerprint density at radius 1 is 1.07 bits per heavy atom. The lowest BCUT2D eigenvalue weighted by atomic mass is 10.1. The van der Waals surface area contributed by atoms with Crippen molar-refractivity contribution < 1.29 is 14.0 Å². The van der Waals surface area contributed by atoms with Gasteiger partial charge in [-0.2, -0.15) is 0 Å². The Morgan fingerprint density at radius 2 is 1.82 bits per heavy atom. The first-order valence-electron chi connectivity index (χ1n) is 8.96. The normalized spacial score (nSPS) is 11.1. The molecule has 0 atom stereocenters. The van der Waals surface area contributed by atoms with Gasteiger partial charge in [0.05, 0.1) is 30.1 Å². The Bertz CT molecular complexity index is 1190. The number of nitrogens with zero attached hydrogens (tertiary/aromatic N) is 2. The van der Waals surface area contributed by atoms with Crippen molar-refractivity contribution in [1.29, 1.82) is 0 Å². The summed E-state index contributed by atoms with van der Waals surface area (Å²) in [5.74, 6) is -0.0230. The number of para-hydroxylation sites is 2. The summed E-state index contributed by atoms with van der Waals surface area (Å²) < 4.78 is 7.37. The summed E-state index contributed by atoms with van der Waals surface area (Å²) in [6.07, 6.45) is 1.76. The molecule has 2 heterocycles. The Hall–Kier alpha value is -3.61. The highest BCUT2D eigenvalue weighted by atomic mass is 16.3. The van der Waals surface area contributed by atoms with E-state index in [0.717, 1.165) is 33.1 Å². The quantitative estimate of drug-likeness (QED) is 0.536. The molecule has 7 heteroatoms. The number of hydrogen-bond acceptors (Lipinski definition) is 4. The van der Waals surface area contributed by atoms with E-state index < -0.39 is 0 Å². The predicted molar refractivity (Wildman–Crippen MR) is 105 cm³/mol. The Morgan fingerprint density at radius 3 is 2.61 bits per heavy atom. The molecule has 0 aliphatic carbocycles. The van der Waals surface area contributed by atoms with Crippen LogP contribution in [0.25, 0.3) is 22.0 Å². The molecule has 0 spiro atoms. The second-order valence-corrected chi connectivity index (χ2v) is 6.79. The van der Waals surface area contributed by atoms with Gasteiger partial charge in [-0.1, -0.05) is 24.3 Å². The van der Waals surface area contributed by atoms with Crippen molar-refractivity contribution in [1.82, 2.24) is 20.4 Å². The average Bonchev–Trinajstić information content (AvgIpc) is 3.21. The molecule has 0 saturated carbocycles. The van der Waals surface area contributed by atoms with E-state index >= 15 is 0 Å². The van der Waals surface area contributed by atoms with Crippen LogP contribution < -0.4 is 10.9 Å². The number of carbonyl (C=O) groups is 2.